The average molecular weight is 928 g/mol. The zero-order chi connectivity index (χ0) is 49.9. The van der Waals surface area contributed by atoms with Crippen molar-refractivity contribution in [3.63, 3.8) is 0 Å². The van der Waals surface area contributed by atoms with Crippen molar-refractivity contribution in [3.05, 3.63) is 0 Å². The molecular weight excluding hydrogens is 805 g/mol. The largest absolute Gasteiger partial charge is 0.396 e. The first kappa shape index (κ1) is 76.9. The third kappa shape index (κ3) is 146. The van der Waals surface area contributed by atoms with E-state index in [0.29, 0.717) is 39.6 Å². The number of aliphatic hydroxyl groups is 8. The average Bonchev–Trinajstić information content (AvgIpc) is 3.34. The zero-order valence-corrected chi connectivity index (χ0v) is 41.1. The molecule has 0 amide bonds. The van der Waals surface area contributed by atoms with Gasteiger partial charge in [-0.15, -0.1) is 12.8 Å². The molecular formula is C55H122O9. The molecule has 0 aliphatic rings. The lowest BCUT2D eigenvalue weighted by molar-refractivity contribution is 0.0895. The molecule has 0 saturated heterocycles. The molecule has 0 fully saturated rings. The zero-order valence-electron chi connectivity index (χ0n) is 41.1. The molecule has 0 radical (unpaired) electrons. The van der Waals surface area contributed by atoms with Crippen molar-refractivity contribution in [2.45, 2.75) is 176 Å². The lowest BCUT2D eigenvalue weighted by Gasteiger charge is -2.04. The van der Waals surface area contributed by atoms with E-state index in [9.17, 15) is 0 Å². The van der Waals surface area contributed by atoms with Crippen LogP contribution < -0.4 is 0 Å². The maximum absolute atomic E-state index is 8.58. The molecule has 0 rings (SSSR count). The van der Waals surface area contributed by atoms with E-state index in [0.717, 1.165) is 45.1 Å². The SMILES string of the molecule is C#CC#CC#CC#CC#CC#CC#CC#CC#C.CCCCCCCCCCCCCCCCCCOCCO.CCCO.CCCO.CCCO.CCCO.CCCO.OCCO.[HH].[HH].[HH].[HH].[HH].[HH].[HH].[HH].[HH].[HH].[HH].[HH].[HH].[HH].[HH].[HH]. The van der Waals surface area contributed by atoms with Crippen molar-refractivity contribution in [1.82, 2.24) is 0 Å². The fraction of sp³-hybridized carbons (Fsp3) is 0.673. The van der Waals surface area contributed by atoms with E-state index in [-0.39, 0.29) is 42.6 Å². The van der Waals surface area contributed by atoms with E-state index in [1.807, 2.05) is 34.6 Å². The molecule has 396 valence electrons. The maximum atomic E-state index is 8.58. The first-order valence-corrected chi connectivity index (χ1v) is 23.2. The fourth-order valence-electron chi connectivity index (χ4n) is 3.37. The van der Waals surface area contributed by atoms with E-state index in [1.165, 1.54) is 96.3 Å². The van der Waals surface area contributed by atoms with Crippen molar-refractivity contribution in [3.8, 4) is 108 Å². The molecule has 0 aliphatic heterocycles. The van der Waals surface area contributed by atoms with Crippen LogP contribution >= 0.6 is 0 Å². The molecule has 0 heterocycles. The van der Waals surface area contributed by atoms with Crippen LogP contribution in [0.5, 0.6) is 0 Å². The molecule has 0 aliphatic carbocycles. The molecule has 0 aromatic carbocycles. The lowest BCUT2D eigenvalue weighted by atomic mass is 10.0. The number of hydrogen-bond acceptors (Lipinski definition) is 9. The number of terminal acetylenes is 2. The molecule has 9 heteroatoms. The molecule has 0 saturated carbocycles. The van der Waals surface area contributed by atoms with Crippen LogP contribution in [0.15, 0.2) is 0 Å². The first-order valence-electron chi connectivity index (χ1n) is 23.2. The van der Waals surface area contributed by atoms with Gasteiger partial charge in [-0.05, 0) is 133 Å². The third-order valence-electron chi connectivity index (χ3n) is 6.55. The van der Waals surface area contributed by atoms with E-state index in [2.05, 4.69) is 102 Å². The summed E-state index contributed by atoms with van der Waals surface area (Å²) in [5.41, 5.74) is 0. The molecule has 0 bridgehead atoms. The number of rotatable bonds is 25. The van der Waals surface area contributed by atoms with Crippen LogP contribution in [0.1, 0.15) is 199 Å². The lowest BCUT2D eigenvalue weighted by Crippen LogP contribution is -2.00. The van der Waals surface area contributed by atoms with Crippen molar-refractivity contribution in [1.29, 1.82) is 0 Å². The second-order valence-corrected chi connectivity index (χ2v) is 12.7. The Morgan fingerprint density at radius 3 is 0.641 bits per heavy atom. The summed E-state index contributed by atoms with van der Waals surface area (Å²) >= 11 is 0. The first-order chi connectivity index (χ1) is 31.3. The van der Waals surface area contributed by atoms with Gasteiger partial charge < -0.3 is 45.6 Å². The molecule has 0 unspecified atom stereocenters. The van der Waals surface area contributed by atoms with Gasteiger partial charge in [0.2, 0.25) is 0 Å². The van der Waals surface area contributed by atoms with Gasteiger partial charge in [0.25, 0.3) is 0 Å². The van der Waals surface area contributed by atoms with Gasteiger partial charge in [0.15, 0.2) is 0 Å². The third-order valence-corrected chi connectivity index (χ3v) is 6.55. The Hall–Kier alpha value is -4.32. The molecule has 64 heavy (non-hydrogen) atoms. The summed E-state index contributed by atoms with van der Waals surface area (Å²) in [6.45, 7) is 14.8. The van der Waals surface area contributed by atoms with Crippen LogP contribution in [0.4, 0.5) is 0 Å². The number of aliphatic hydroxyl groups excluding tert-OH is 8. The molecule has 8 N–H and O–H groups in total. The highest BCUT2D eigenvalue weighted by Crippen LogP contribution is 2.13. The van der Waals surface area contributed by atoms with Crippen molar-refractivity contribution in [2.75, 3.05) is 66.1 Å². The Kier molecular flexibility index (Phi) is 123. The standard InChI is InChI=1S/C20H42O2.C18H2.5C3H8O.C2H6O2.16H2/c1-2-3-4-5-6-7-8-9-10-11-12-13-14-15-16-17-19-22-20-18-21;1-3-5-7-9-11-13-15-17-18-16-14-12-10-8-6-4-2;5*1-2-3-4;3-1-2-4;;;;;;;;;;;;;;;;/h21H,2-20H2,1H3;1-2H;5*4H,2-3H2,1H3;3-4H,1-2H2;16*1H. The van der Waals surface area contributed by atoms with Crippen molar-refractivity contribution < 1.29 is 68.4 Å². The van der Waals surface area contributed by atoms with Crippen LogP contribution in [-0.2, 0) is 4.74 Å². The minimum atomic E-state index is -0.125. The summed E-state index contributed by atoms with van der Waals surface area (Å²) in [6.07, 6.45) is 36.6. The Balaban J connectivity index is -0.0000000222. The summed E-state index contributed by atoms with van der Waals surface area (Å²) < 4.78 is 5.25. The maximum Gasteiger partial charge on any atom is 0.0697 e. The fourth-order valence-corrected chi connectivity index (χ4v) is 3.37. The summed E-state index contributed by atoms with van der Waals surface area (Å²) in [5.74, 6) is 38.2. The molecule has 0 aromatic rings. The van der Waals surface area contributed by atoms with Crippen LogP contribution in [0.2, 0.25) is 0 Å². The summed E-state index contributed by atoms with van der Waals surface area (Å²) in [6, 6.07) is 0. The normalized spacial score (nSPS) is 7.69. The summed E-state index contributed by atoms with van der Waals surface area (Å²) in [7, 11) is 0. The van der Waals surface area contributed by atoms with Crippen LogP contribution in [-0.4, -0.2) is 107 Å². The van der Waals surface area contributed by atoms with E-state index < -0.39 is 0 Å². The van der Waals surface area contributed by atoms with Crippen LogP contribution in [0, 0.1) is 108 Å². The van der Waals surface area contributed by atoms with Crippen LogP contribution in [0.25, 0.3) is 0 Å². The Labute approximate surface area is 418 Å². The number of hydrogen-bond donors (Lipinski definition) is 8. The van der Waals surface area contributed by atoms with E-state index in [1.54, 1.807) is 0 Å². The smallest absolute Gasteiger partial charge is 0.0697 e. The van der Waals surface area contributed by atoms with Crippen LogP contribution in [0.3, 0.4) is 0 Å². The van der Waals surface area contributed by atoms with Gasteiger partial charge in [0, 0.05) is 62.5 Å². The van der Waals surface area contributed by atoms with Gasteiger partial charge in [0.1, 0.15) is 0 Å². The predicted molar refractivity (Wildman–Crippen MR) is 304 cm³/mol. The highest BCUT2D eigenvalue weighted by atomic mass is 16.5. The van der Waals surface area contributed by atoms with Gasteiger partial charge in [-0.25, -0.2) is 0 Å². The number of ether oxygens (including phenoxy) is 1. The quantitative estimate of drug-likeness (QED) is 0.0328. The molecule has 0 atom stereocenters. The van der Waals surface area contributed by atoms with Gasteiger partial charge in [-0.2, -0.15) is 0 Å². The molecule has 0 spiro atoms. The predicted octanol–water partition coefficient (Wildman–Crippen LogP) is 11.4. The van der Waals surface area contributed by atoms with Gasteiger partial charge in [-0.1, -0.05) is 138 Å². The second-order valence-electron chi connectivity index (χ2n) is 12.7. The molecule has 0 aromatic heterocycles. The van der Waals surface area contributed by atoms with Crippen molar-refractivity contribution >= 4 is 0 Å². The van der Waals surface area contributed by atoms with E-state index in [4.69, 9.17) is 58.4 Å². The Morgan fingerprint density at radius 2 is 0.469 bits per heavy atom. The minimum Gasteiger partial charge on any atom is -0.396 e. The topological polar surface area (TPSA) is 171 Å². The Morgan fingerprint density at radius 1 is 0.266 bits per heavy atom. The van der Waals surface area contributed by atoms with Gasteiger partial charge in [-0.3, -0.25) is 0 Å². The number of unbranched alkanes of at least 4 members (excludes halogenated alkanes) is 15. The van der Waals surface area contributed by atoms with Gasteiger partial charge in [0.05, 0.1) is 26.4 Å². The monoisotopic (exact) mass is 927 g/mol. The summed E-state index contributed by atoms with van der Waals surface area (Å²) in [4.78, 5) is 0. The second kappa shape index (κ2) is 102. The highest BCUT2D eigenvalue weighted by Gasteiger charge is 1.95. The minimum absolute atomic E-state index is 0. The molecule has 9 nitrogen and oxygen atoms in total. The Bertz CT molecular complexity index is 1280. The van der Waals surface area contributed by atoms with Crippen molar-refractivity contribution in [2.24, 2.45) is 0 Å². The van der Waals surface area contributed by atoms with Gasteiger partial charge >= 0.3 is 0 Å². The van der Waals surface area contributed by atoms with E-state index >= 15 is 0 Å². The summed E-state index contributed by atoms with van der Waals surface area (Å²) in [5, 5.41) is 63.2. The highest BCUT2D eigenvalue weighted by molar-refractivity contribution is 5.46.